The minimum Gasteiger partial charge on any atom is -0.376 e. The number of nitrogens with zero attached hydrogens (tertiary/aromatic N) is 2. The van der Waals surface area contributed by atoms with Crippen LogP contribution in [0.5, 0.6) is 0 Å². The van der Waals surface area contributed by atoms with Gasteiger partial charge in [0.25, 0.3) is 5.56 Å². The van der Waals surface area contributed by atoms with E-state index in [4.69, 9.17) is 9.72 Å². The molecule has 6 nitrogen and oxygen atoms in total. The molecule has 3 atom stereocenters. The van der Waals surface area contributed by atoms with Crippen molar-refractivity contribution in [3.05, 3.63) is 20.8 Å². The Morgan fingerprint density at radius 3 is 3.00 bits per heavy atom. The smallest absolute Gasteiger partial charge is 0.263 e. The Labute approximate surface area is 185 Å². The number of rotatable bonds is 7. The number of carbonyl (C=O) groups is 1. The lowest BCUT2D eigenvalue weighted by Gasteiger charge is -2.19. The number of nitrogens with one attached hydrogen (secondary N) is 1. The summed E-state index contributed by atoms with van der Waals surface area (Å²) in [5.74, 6) is 0.634. The molecule has 2 aromatic rings. The number of ether oxygens (including phenoxy) is 1. The number of hydrogen-bond donors (Lipinski definition) is 1. The van der Waals surface area contributed by atoms with Crippen LogP contribution in [0.2, 0.25) is 0 Å². The molecule has 1 fully saturated rings. The quantitative estimate of drug-likeness (QED) is 0.515. The molecule has 0 spiro atoms. The molecule has 0 radical (unpaired) electrons. The van der Waals surface area contributed by atoms with E-state index in [1.54, 1.807) is 15.9 Å². The Balaban J connectivity index is 1.73. The van der Waals surface area contributed by atoms with Crippen LogP contribution in [0.15, 0.2) is 9.95 Å². The van der Waals surface area contributed by atoms with Crippen molar-refractivity contribution >= 4 is 39.2 Å². The largest absolute Gasteiger partial charge is 0.376 e. The highest BCUT2D eigenvalue weighted by Crippen LogP contribution is 2.37. The molecule has 4 rings (SSSR count). The maximum absolute atomic E-state index is 13.6. The number of amides is 1. The summed E-state index contributed by atoms with van der Waals surface area (Å²) in [6, 6.07) is 0. The highest BCUT2D eigenvalue weighted by molar-refractivity contribution is 8.00. The summed E-state index contributed by atoms with van der Waals surface area (Å²) in [5.41, 5.74) is 1.24. The van der Waals surface area contributed by atoms with Crippen LogP contribution in [-0.2, 0) is 28.9 Å². The molecule has 1 amide bonds. The molecule has 2 aliphatic rings. The van der Waals surface area contributed by atoms with Crippen LogP contribution in [-0.4, -0.2) is 40.0 Å². The average molecular weight is 450 g/mol. The standard InChI is InChI=1S/C22H31N3O3S2/c1-4-9-23-19(26)14(3)29-22-24-20-18(16-8-7-13(2)11-17(16)30-20)21(27)25(22)12-15-6-5-10-28-15/h13-15H,4-12H2,1-3H3,(H,23,26). The van der Waals surface area contributed by atoms with Crippen LogP contribution in [0.4, 0.5) is 0 Å². The second-order valence-electron chi connectivity index (χ2n) is 8.53. The van der Waals surface area contributed by atoms with E-state index in [2.05, 4.69) is 12.2 Å². The number of aromatic nitrogens is 2. The second kappa shape index (κ2) is 9.40. The van der Waals surface area contributed by atoms with Crippen LogP contribution >= 0.6 is 23.1 Å². The van der Waals surface area contributed by atoms with Gasteiger partial charge in [-0.3, -0.25) is 14.2 Å². The van der Waals surface area contributed by atoms with Gasteiger partial charge in [0.05, 0.1) is 23.3 Å². The number of fused-ring (bicyclic) bond motifs is 3. The van der Waals surface area contributed by atoms with E-state index >= 15 is 0 Å². The van der Waals surface area contributed by atoms with Gasteiger partial charge < -0.3 is 10.1 Å². The van der Waals surface area contributed by atoms with Gasteiger partial charge in [-0.05, 0) is 56.9 Å². The van der Waals surface area contributed by atoms with E-state index in [0.29, 0.717) is 24.2 Å². The van der Waals surface area contributed by atoms with Crippen molar-refractivity contribution in [3.63, 3.8) is 0 Å². The lowest BCUT2D eigenvalue weighted by molar-refractivity contribution is -0.120. The van der Waals surface area contributed by atoms with E-state index in [0.717, 1.165) is 55.3 Å². The van der Waals surface area contributed by atoms with E-state index < -0.39 is 0 Å². The summed E-state index contributed by atoms with van der Waals surface area (Å²) < 4.78 is 7.59. The van der Waals surface area contributed by atoms with Gasteiger partial charge in [-0.2, -0.15) is 0 Å². The van der Waals surface area contributed by atoms with E-state index in [1.807, 2.05) is 13.8 Å². The third kappa shape index (κ3) is 4.46. The van der Waals surface area contributed by atoms with Gasteiger partial charge in [-0.25, -0.2) is 4.98 Å². The van der Waals surface area contributed by atoms with Crippen molar-refractivity contribution in [2.24, 2.45) is 5.92 Å². The molecule has 0 bridgehead atoms. The fourth-order valence-corrected chi connectivity index (χ4v) is 6.62. The molecular formula is C22H31N3O3S2. The van der Waals surface area contributed by atoms with Gasteiger partial charge in [0.15, 0.2) is 5.16 Å². The zero-order valence-electron chi connectivity index (χ0n) is 18.0. The molecule has 0 saturated carbocycles. The molecule has 3 unspecified atom stereocenters. The Hall–Kier alpha value is -1.38. The molecule has 1 saturated heterocycles. The molecule has 2 aromatic heterocycles. The van der Waals surface area contributed by atoms with Crippen molar-refractivity contribution in [3.8, 4) is 0 Å². The van der Waals surface area contributed by atoms with E-state index in [-0.39, 0.29) is 22.8 Å². The number of thioether (sulfide) groups is 1. The van der Waals surface area contributed by atoms with Gasteiger partial charge in [-0.1, -0.05) is 25.6 Å². The molecule has 1 aliphatic heterocycles. The van der Waals surface area contributed by atoms with Crippen LogP contribution < -0.4 is 10.9 Å². The molecule has 8 heteroatoms. The maximum Gasteiger partial charge on any atom is 0.263 e. The Bertz CT molecular complexity index is 978. The molecule has 164 valence electrons. The molecule has 30 heavy (non-hydrogen) atoms. The predicted molar refractivity (Wildman–Crippen MR) is 123 cm³/mol. The van der Waals surface area contributed by atoms with Gasteiger partial charge in [0, 0.05) is 18.0 Å². The van der Waals surface area contributed by atoms with Crippen molar-refractivity contribution in [1.29, 1.82) is 0 Å². The summed E-state index contributed by atoms with van der Waals surface area (Å²) in [6.07, 6.45) is 6.03. The van der Waals surface area contributed by atoms with E-state index in [1.165, 1.54) is 22.2 Å². The minimum absolute atomic E-state index is 0.0147. The first-order valence-corrected chi connectivity index (χ1v) is 12.8. The predicted octanol–water partition coefficient (Wildman–Crippen LogP) is 3.77. The molecule has 1 aliphatic carbocycles. The zero-order chi connectivity index (χ0) is 21.3. The maximum atomic E-state index is 13.6. The summed E-state index contributed by atoms with van der Waals surface area (Å²) in [7, 11) is 0. The Morgan fingerprint density at radius 2 is 2.27 bits per heavy atom. The molecule has 1 N–H and O–H groups in total. The summed E-state index contributed by atoms with van der Waals surface area (Å²) >= 11 is 3.04. The Kier molecular flexibility index (Phi) is 6.85. The van der Waals surface area contributed by atoms with Crippen molar-refractivity contribution < 1.29 is 9.53 Å². The van der Waals surface area contributed by atoms with Gasteiger partial charge >= 0.3 is 0 Å². The first kappa shape index (κ1) is 21.8. The number of thiophene rings is 1. The molecule has 3 heterocycles. The average Bonchev–Trinajstić information content (AvgIpc) is 3.35. The first-order chi connectivity index (χ1) is 14.5. The van der Waals surface area contributed by atoms with Crippen molar-refractivity contribution in [2.75, 3.05) is 13.2 Å². The Morgan fingerprint density at radius 1 is 1.43 bits per heavy atom. The summed E-state index contributed by atoms with van der Waals surface area (Å²) in [6.45, 7) is 8.10. The van der Waals surface area contributed by atoms with Crippen LogP contribution in [0, 0.1) is 5.92 Å². The van der Waals surface area contributed by atoms with Crippen molar-refractivity contribution in [1.82, 2.24) is 14.9 Å². The fraction of sp³-hybridized carbons (Fsp3) is 0.682. The molecular weight excluding hydrogens is 418 g/mol. The van der Waals surface area contributed by atoms with Crippen LogP contribution in [0.1, 0.15) is 56.9 Å². The second-order valence-corrected chi connectivity index (χ2v) is 10.9. The third-order valence-electron chi connectivity index (χ3n) is 5.99. The lowest BCUT2D eigenvalue weighted by atomic mass is 9.89. The van der Waals surface area contributed by atoms with Crippen molar-refractivity contribution in [2.45, 2.75) is 82.4 Å². The topological polar surface area (TPSA) is 73.2 Å². The number of hydrogen-bond acceptors (Lipinski definition) is 6. The van der Waals surface area contributed by atoms with Gasteiger partial charge in [0.2, 0.25) is 5.91 Å². The van der Waals surface area contributed by atoms with Gasteiger partial charge in [0.1, 0.15) is 4.83 Å². The SMILES string of the molecule is CCCNC(=O)C(C)Sc1nc2sc3c(c2c(=O)n1CC1CCCO1)CCC(C)C3. The fourth-order valence-electron chi connectivity index (χ4n) is 4.25. The summed E-state index contributed by atoms with van der Waals surface area (Å²) in [5, 5.41) is 4.06. The van der Waals surface area contributed by atoms with E-state index in [9.17, 15) is 9.59 Å². The third-order valence-corrected chi connectivity index (χ3v) is 8.23. The zero-order valence-corrected chi connectivity index (χ0v) is 19.7. The number of aryl methyl sites for hydroxylation is 1. The minimum atomic E-state index is -0.314. The molecule has 0 aromatic carbocycles. The van der Waals surface area contributed by atoms with Gasteiger partial charge in [-0.15, -0.1) is 11.3 Å². The monoisotopic (exact) mass is 449 g/mol. The van der Waals surface area contributed by atoms with Crippen LogP contribution in [0.25, 0.3) is 10.2 Å². The lowest BCUT2D eigenvalue weighted by Crippen LogP contribution is -2.33. The number of carbonyl (C=O) groups excluding carboxylic acids is 1. The summed E-state index contributed by atoms with van der Waals surface area (Å²) in [4.78, 5) is 33.1. The first-order valence-electron chi connectivity index (χ1n) is 11.1. The highest BCUT2D eigenvalue weighted by Gasteiger charge is 2.27. The van der Waals surface area contributed by atoms with Crippen LogP contribution in [0.3, 0.4) is 0 Å². The normalized spacial score (nSPS) is 22.2. The highest BCUT2D eigenvalue weighted by atomic mass is 32.2.